The average molecular weight is 454 g/mol. The largest absolute Gasteiger partial charge is 0.467 e. The van der Waals surface area contributed by atoms with Gasteiger partial charge in [-0.3, -0.25) is 9.59 Å². The first kappa shape index (κ1) is 23.3. The van der Waals surface area contributed by atoms with Crippen molar-refractivity contribution in [1.29, 1.82) is 0 Å². The fourth-order valence-electron chi connectivity index (χ4n) is 5.45. The Hall–Kier alpha value is -2.83. The molecule has 7 heteroatoms. The van der Waals surface area contributed by atoms with Gasteiger partial charge in [-0.25, -0.2) is 4.79 Å². The molecule has 1 aromatic carbocycles. The lowest BCUT2D eigenvalue weighted by molar-refractivity contribution is -0.155. The monoisotopic (exact) mass is 453 g/mol. The van der Waals surface area contributed by atoms with Gasteiger partial charge in [0.2, 0.25) is 11.8 Å². The van der Waals surface area contributed by atoms with Gasteiger partial charge in [-0.05, 0) is 81.0 Å². The molecule has 0 radical (unpaired) electrons. The van der Waals surface area contributed by atoms with Crippen LogP contribution in [0.25, 0.3) is 6.08 Å². The Labute approximate surface area is 195 Å². The maximum atomic E-state index is 13.3. The zero-order valence-electron chi connectivity index (χ0n) is 19.6. The van der Waals surface area contributed by atoms with Crippen LogP contribution in [0.15, 0.2) is 23.8 Å². The molecule has 0 aromatic heterocycles. The molecule has 1 aromatic rings. The van der Waals surface area contributed by atoms with Crippen molar-refractivity contribution in [3.8, 4) is 0 Å². The van der Waals surface area contributed by atoms with Crippen LogP contribution in [-0.4, -0.2) is 59.9 Å². The van der Waals surface area contributed by atoms with Crippen LogP contribution in [0, 0.1) is 0 Å². The zero-order valence-corrected chi connectivity index (χ0v) is 19.6. The van der Waals surface area contributed by atoms with Gasteiger partial charge in [-0.2, -0.15) is 0 Å². The molecule has 33 heavy (non-hydrogen) atoms. The van der Waals surface area contributed by atoms with Gasteiger partial charge in [-0.1, -0.05) is 17.7 Å². The summed E-state index contributed by atoms with van der Waals surface area (Å²) in [5.41, 5.74) is 10.6. The Morgan fingerprint density at radius 1 is 1.03 bits per heavy atom. The van der Waals surface area contributed by atoms with Crippen molar-refractivity contribution < 1.29 is 19.1 Å². The molecule has 2 amide bonds. The molecule has 1 aliphatic carbocycles. The molecule has 2 atom stereocenters. The Balaban J connectivity index is 1.28. The number of amides is 2. The van der Waals surface area contributed by atoms with E-state index in [1.807, 2.05) is 12.1 Å². The summed E-state index contributed by atoms with van der Waals surface area (Å²) in [5, 5.41) is 0. The van der Waals surface area contributed by atoms with Gasteiger partial charge in [-0.15, -0.1) is 0 Å². The van der Waals surface area contributed by atoms with Crippen molar-refractivity contribution in [2.24, 2.45) is 0 Å². The Kier molecular flexibility index (Phi) is 7.36. The molecule has 0 bridgehead atoms. The van der Waals surface area contributed by atoms with E-state index in [0.29, 0.717) is 32.4 Å². The number of anilines is 1. The number of methoxy groups -OCH3 is 1. The zero-order chi connectivity index (χ0) is 23.4. The average Bonchev–Trinajstić information content (AvgIpc) is 3.47. The number of nitrogen functional groups attached to an aromatic ring is 1. The van der Waals surface area contributed by atoms with Crippen LogP contribution in [0.4, 0.5) is 5.69 Å². The second-order valence-corrected chi connectivity index (χ2v) is 9.46. The van der Waals surface area contributed by atoms with E-state index >= 15 is 0 Å². The minimum Gasteiger partial charge on any atom is -0.467 e. The van der Waals surface area contributed by atoms with Gasteiger partial charge >= 0.3 is 5.97 Å². The van der Waals surface area contributed by atoms with E-state index in [1.165, 1.54) is 23.8 Å². The molecule has 2 saturated heterocycles. The fraction of sp³-hybridized carbons (Fsp3) is 0.577. The minimum atomic E-state index is -0.513. The lowest BCUT2D eigenvalue weighted by atomic mass is 9.99. The van der Waals surface area contributed by atoms with Gasteiger partial charge in [0.1, 0.15) is 12.1 Å². The van der Waals surface area contributed by atoms with Crippen molar-refractivity contribution in [2.45, 2.75) is 76.3 Å². The van der Waals surface area contributed by atoms with Crippen molar-refractivity contribution >= 4 is 29.5 Å². The van der Waals surface area contributed by atoms with Crippen LogP contribution in [0.2, 0.25) is 0 Å². The summed E-state index contributed by atoms with van der Waals surface area (Å²) in [4.78, 5) is 41.8. The summed E-state index contributed by atoms with van der Waals surface area (Å²) in [6.07, 6.45) is 10.3. The number of carbonyl (C=O) groups excluding carboxylic acids is 3. The summed E-state index contributed by atoms with van der Waals surface area (Å²) in [6.45, 7) is 1.17. The van der Waals surface area contributed by atoms with E-state index in [0.717, 1.165) is 50.6 Å². The number of benzene rings is 1. The number of piperidine rings is 1. The first-order chi connectivity index (χ1) is 16.0. The van der Waals surface area contributed by atoms with Crippen LogP contribution in [-0.2, 0) is 25.5 Å². The number of ether oxygens (including phenoxy) is 1. The lowest BCUT2D eigenvalue weighted by Crippen LogP contribution is -2.55. The van der Waals surface area contributed by atoms with Gasteiger partial charge in [0.25, 0.3) is 0 Å². The molecule has 2 N–H and O–H groups in total. The van der Waals surface area contributed by atoms with Crippen LogP contribution >= 0.6 is 0 Å². The highest BCUT2D eigenvalue weighted by Gasteiger charge is 2.41. The smallest absolute Gasteiger partial charge is 0.328 e. The topological polar surface area (TPSA) is 92.9 Å². The number of rotatable bonds is 7. The number of allylic oxidation sites excluding steroid dienone is 1. The fourth-order valence-corrected chi connectivity index (χ4v) is 5.45. The molecule has 3 aliphatic rings. The second kappa shape index (κ2) is 10.4. The predicted octanol–water partition coefficient (Wildman–Crippen LogP) is 3.31. The standard InChI is InChI=1S/C26H35N3O4/c1-33-26(32)23-9-6-14-29(23)25(31)22-8-4-5-13-28(22)24(30)10-3-2-7-18-15-19-11-12-21(27)17-20(19)16-18/h11-12,16-17,22-23H,2-10,13-15,27H2,1H3/t22?,23-/m0/s1. The molecule has 0 saturated carbocycles. The summed E-state index contributed by atoms with van der Waals surface area (Å²) in [7, 11) is 1.36. The summed E-state index contributed by atoms with van der Waals surface area (Å²) in [6, 6.07) is 5.09. The highest BCUT2D eigenvalue weighted by atomic mass is 16.5. The maximum absolute atomic E-state index is 13.3. The second-order valence-electron chi connectivity index (χ2n) is 9.46. The van der Waals surface area contributed by atoms with E-state index in [2.05, 4.69) is 12.1 Å². The molecule has 4 rings (SSSR count). The van der Waals surface area contributed by atoms with Crippen molar-refractivity contribution in [2.75, 3.05) is 25.9 Å². The highest BCUT2D eigenvalue weighted by Crippen LogP contribution is 2.30. The van der Waals surface area contributed by atoms with Crippen LogP contribution in [0.3, 0.4) is 0 Å². The predicted molar refractivity (Wildman–Crippen MR) is 127 cm³/mol. The maximum Gasteiger partial charge on any atom is 0.328 e. The molecule has 178 valence electrons. The Bertz CT molecular complexity index is 941. The first-order valence-electron chi connectivity index (χ1n) is 12.2. The summed E-state index contributed by atoms with van der Waals surface area (Å²) in [5.74, 6) is -0.400. The number of nitrogens with two attached hydrogens (primary N) is 1. The van der Waals surface area contributed by atoms with Crippen LogP contribution < -0.4 is 5.73 Å². The quantitative estimate of drug-likeness (QED) is 0.388. The summed E-state index contributed by atoms with van der Waals surface area (Å²) >= 11 is 0. The molecule has 7 nitrogen and oxygen atoms in total. The summed E-state index contributed by atoms with van der Waals surface area (Å²) < 4.78 is 4.89. The van der Waals surface area contributed by atoms with Crippen molar-refractivity contribution in [3.63, 3.8) is 0 Å². The van der Waals surface area contributed by atoms with Gasteiger partial charge in [0.15, 0.2) is 0 Å². The number of hydrogen-bond acceptors (Lipinski definition) is 5. The third kappa shape index (κ3) is 5.23. The molecule has 2 aliphatic heterocycles. The number of nitrogens with zero attached hydrogens (tertiary/aromatic N) is 2. The van der Waals surface area contributed by atoms with Gasteiger partial charge in [0.05, 0.1) is 7.11 Å². The molecule has 0 spiro atoms. The van der Waals surface area contributed by atoms with Crippen molar-refractivity contribution in [1.82, 2.24) is 9.80 Å². The van der Waals surface area contributed by atoms with Crippen LogP contribution in [0.1, 0.15) is 68.9 Å². The Morgan fingerprint density at radius 2 is 1.82 bits per heavy atom. The lowest BCUT2D eigenvalue weighted by Gasteiger charge is -2.38. The third-order valence-electron chi connectivity index (χ3n) is 7.20. The number of esters is 1. The van der Waals surface area contributed by atoms with E-state index < -0.39 is 12.1 Å². The normalized spacial score (nSPS) is 22.2. The molecule has 2 fully saturated rings. The molecular formula is C26H35N3O4. The first-order valence-corrected chi connectivity index (χ1v) is 12.2. The number of fused-ring (bicyclic) bond motifs is 1. The number of hydrogen-bond donors (Lipinski definition) is 1. The molecular weight excluding hydrogens is 418 g/mol. The van der Waals surface area contributed by atoms with Crippen molar-refractivity contribution in [3.05, 3.63) is 34.9 Å². The molecule has 1 unspecified atom stereocenters. The van der Waals surface area contributed by atoms with Crippen LogP contribution in [0.5, 0.6) is 0 Å². The molecule has 2 heterocycles. The number of unbranched alkanes of at least 4 members (excludes halogenated alkanes) is 1. The Morgan fingerprint density at radius 3 is 2.64 bits per heavy atom. The highest BCUT2D eigenvalue weighted by molar-refractivity contribution is 5.91. The number of likely N-dealkylation sites (tertiary alicyclic amines) is 2. The minimum absolute atomic E-state index is 0.0540. The third-order valence-corrected chi connectivity index (χ3v) is 7.20. The SMILES string of the molecule is COC(=O)[C@@H]1CCCN1C(=O)C1CCCCN1C(=O)CCCCC1=Cc2cc(N)ccc2C1. The number of carbonyl (C=O) groups is 3. The van der Waals surface area contributed by atoms with Gasteiger partial charge < -0.3 is 20.3 Å². The van der Waals surface area contributed by atoms with E-state index in [-0.39, 0.29) is 17.8 Å². The van der Waals surface area contributed by atoms with E-state index in [1.54, 1.807) is 9.80 Å². The van der Waals surface area contributed by atoms with E-state index in [9.17, 15) is 14.4 Å². The van der Waals surface area contributed by atoms with Gasteiger partial charge in [0, 0.05) is 25.2 Å². The van der Waals surface area contributed by atoms with E-state index in [4.69, 9.17) is 10.5 Å².